The predicted molar refractivity (Wildman–Crippen MR) is 58.9 cm³/mol. The maximum atomic E-state index is 11.9. The van der Waals surface area contributed by atoms with Crippen molar-refractivity contribution in [3.63, 3.8) is 0 Å². The topological polar surface area (TPSA) is 57.6 Å². The molecule has 2 aliphatic rings. The summed E-state index contributed by atoms with van der Waals surface area (Å²) in [6.07, 6.45) is 5.15. The van der Waals surface area contributed by atoms with E-state index in [4.69, 9.17) is 0 Å². The molecular weight excluding hydrogens is 206 g/mol. The molecule has 1 unspecified atom stereocenters. The molecule has 0 aromatic rings. The van der Waals surface area contributed by atoms with E-state index in [1.807, 2.05) is 0 Å². The Bertz CT molecular complexity index is 331. The minimum Gasteiger partial charge on any atom is -0.479 e. The summed E-state index contributed by atoms with van der Waals surface area (Å²) in [5.41, 5.74) is -0.922. The molecule has 2 fully saturated rings. The molecular formula is C12H17NO3. The number of hydrogen-bond acceptors (Lipinski definition) is 2. The number of likely N-dealkylation sites (tertiary alicyclic amines) is 1. The molecule has 88 valence electrons. The molecule has 1 aliphatic heterocycles. The van der Waals surface area contributed by atoms with E-state index >= 15 is 0 Å². The Hall–Kier alpha value is -1.32. The highest BCUT2D eigenvalue weighted by Gasteiger charge is 2.51. The number of nitrogens with zero attached hydrogens (tertiary/aromatic N) is 1. The van der Waals surface area contributed by atoms with Crippen molar-refractivity contribution in [1.82, 2.24) is 4.90 Å². The van der Waals surface area contributed by atoms with Crippen molar-refractivity contribution < 1.29 is 14.7 Å². The molecule has 0 aromatic heterocycles. The van der Waals surface area contributed by atoms with Gasteiger partial charge in [0, 0.05) is 18.9 Å². The fourth-order valence-corrected chi connectivity index (χ4v) is 2.87. The highest BCUT2D eigenvalue weighted by molar-refractivity contribution is 5.88. The second kappa shape index (κ2) is 3.92. The van der Waals surface area contributed by atoms with Crippen LogP contribution in [0.3, 0.4) is 0 Å². The molecule has 0 aromatic carbocycles. The predicted octanol–water partition coefficient (Wildman–Crippen LogP) is 1.42. The first-order valence-corrected chi connectivity index (χ1v) is 5.76. The monoisotopic (exact) mass is 223 g/mol. The van der Waals surface area contributed by atoms with Gasteiger partial charge in [0.05, 0.1) is 0 Å². The van der Waals surface area contributed by atoms with Gasteiger partial charge in [-0.2, -0.15) is 0 Å². The van der Waals surface area contributed by atoms with Crippen LogP contribution in [0.2, 0.25) is 0 Å². The van der Waals surface area contributed by atoms with E-state index in [1.54, 1.807) is 11.0 Å². The smallest absolute Gasteiger partial charge is 0.329 e. The Labute approximate surface area is 94.9 Å². The van der Waals surface area contributed by atoms with Gasteiger partial charge in [-0.3, -0.25) is 4.79 Å². The van der Waals surface area contributed by atoms with E-state index in [9.17, 15) is 14.7 Å². The van der Waals surface area contributed by atoms with Crippen LogP contribution in [0, 0.1) is 5.92 Å². The van der Waals surface area contributed by atoms with Crippen molar-refractivity contribution >= 4 is 11.9 Å². The normalized spacial score (nSPS) is 28.4. The average Bonchev–Trinajstić information content (AvgIpc) is 2.84. The van der Waals surface area contributed by atoms with E-state index in [2.05, 4.69) is 6.58 Å². The Morgan fingerprint density at radius 2 is 2.12 bits per heavy atom. The minimum atomic E-state index is -0.922. The maximum Gasteiger partial charge on any atom is 0.329 e. The largest absolute Gasteiger partial charge is 0.479 e. The number of rotatable bonds is 3. The third-order valence-electron chi connectivity index (χ3n) is 3.83. The number of carbonyl (C=O) groups is 2. The standard InChI is InChI=1S/C12H17NO3/c1-2-9-7-10(14)13(8-9)12(11(15)16)5-3-4-6-12/h2,9H,1,3-8H2,(H,15,16). The van der Waals surface area contributed by atoms with Crippen molar-refractivity contribution in [2.45, 2.75) is 37.6 Å². The molecule has 16 heavy (non-hydrogen) atoms. The molecule has 1 saturated heterocycles. The minimum absolute atomic E-state index is 0.0331. The van der Waals surface area contributed by atoms with E-state index < -0.39 is 11.5 Å². The molecule has 2 rings (SSSR count). The van der Waals surface area contributed by atoms with Crippen LogP contribution >= 0.6 is 0 Å². The highest BCUT2D eigenvalue weighted by atomic mass is 16.4. The first-order chi connectivity index (χ1) is 7.60. The Morgan fingerprint density at radius 1 is 1.50 bits per heavy atom. The molecule has 1 amide bonds. The van der Waals surface area contributed by atoms with Crippen LogP contribution < -0.4 is 0 Å². The van der Waals surface area contributed by atoms with Crippen molar-refractivity contribution in [2.75, 3.05) is 6.54 Å². The number of carboxylic acid groups (broad SMARTS) is 1. The van der Waals surface area contributed by atoms with Crippen LogP contribution in [-0.2, 0) is 9.59 Å². The van der Waals surface area contributed by atoms with Gasteiger partial charge in [0.15, 0.2) is 0 Å². The third-order valence-corrected chi connectivity index (χ3v) is 3.83. The number of carbonyl (C=O) groups excluding carboxylic acids is 1. The molecule has 1 saturated carbocycles. The Morgan fingerprint density at radius 3 is 2.56 bits per heavy atom. The summed E-state index contributed by atoms with van der Waals surface area (Å²) >= 11 is 0. The first kappa shape index (κ1) is 11.2. The summed E-state index contributed by atoms with van der Waals surface area (Å²) in [6, 6.07) is 0. The molecule has 1 aliphatic carbocycles. The quantitative estimate of drug-likeness (QED) is 0.736. The second-order valence-corrected chi connectivity index (χ2v) is 4.75. The lowest BCUT2D eigenvalue weighted by Gasteiger charge is -2.34. The second-order valence-electron chi connectivity index (χ2n) is 4.75. The molecule has 0 radical (unpaired) electrons. The van der Waals surface area contributed by atoms with Gasteiger partial charge in [-0.05, 0) is 12.8 Å². The zero-order chi connectivity index (χ0) is 11.8. The fourth-order valence-electron chi connectivity index (χ4n) is 2.87. The van der Waals surface area contributed by atoms with E-state index in [-0.39, 0.29) is 11.8 Å². The molecule has 1 N–H and O–H groups in total. The van der Waals surface area contributed by atoms with Gasteiger partial charge in [-0.25, -0.2) is 4.79 Å². The number of amides is 1. The summed E-state index contributed by atoms with van der Waals surface area (Å²) in [5, 5.41) is 9.38. The summed E-state index contributed by atoms with van der Waals surface area (Å²) in [5.74, 6) is -0.762. The van der Waals surface area contributed by atoms with Gasteiger partial charge in [0.1, 0.15) is 5.54 Å². The zero-order valence-electron chi connectivity index (χ0n) is 9.32. The first-order valence-electron chi connectivity index (χ1n) is 5.76. The zero-order valence-corrected chi connectivity index (χ0v) is 9.32. The Kier molecular flexibility index (Phi) is 2.74. The fraction of sp³-hybridized carbons (Fsp3) is 0.667. The summed E-state index contributed by atoms with van der Waals surface area (Å²) in [6.45, 7) is 4.20. The SMILES string of the molecule is C=CC1CC(=O)N(C2(C(=O)O)CCCC2)C1. The average molecular weight is 223 g/mol. The van der Waals surface area contributed by atoms with Crippen LogP contribution in [0.4, 0.5) is 0 Å². The maximum absolute atomic E-state index is 11.9. The molecule has 4 nitrogen and oxygen atoms in total. The molecule has 0 spiro atoms. The number of aliphatic carboxylic acids is 1. The van der Waals surface area contributed by atoms with Gasteiger partial charge in [-0.15, -0.1) is 6.58 Å². The highest BCUT2D eigenvalue weighted by Crippen LogP contribution is 2.39. The van der Waals surface area contributed by atoms with Crippen LogP contribution in [0.5, 0.6) is 0 Å². The molecule has 4 heteroatoms. The lowest BCUT2D eigenvalue weighted by molar-refractivity contribution is -0.156. The van der Waals surface area contributed by atoms with Crippen molar-refractivity contribution in [2.24, 2.45) is 5.92 Å². The summed E-state index contributed by atoms with van der Waals surface area (Å²) < 4.78 is 0. The van der Waals surface area contributed by atoms with E-state index in [0.717, 1.165) is 12.8 Å². The van der Waals surface area contributed by atoms with Crippen LogP contribution in [-0.4, -0.2) is 34.0 Å². The van der Waals surface area contributed by atoms with Crippen molar-refractivity contribution in [3.05, 3.63) is 12.7 Å². The Balaban J connectivity index is 2.25. The van der Waals surface area contributed by atoms with Crippen LogP contribution in [0.1, 0.15) is 32.1 Å². The van der Waals surface area contributed by atoms with Crippen molar-refractivity contribution in [3.8, 4) is 0 Å². The van der Waals surface area contributed by atoms with Crippen molar-refractivity contribution in [1.29, 1.82) is 0 Å². The van der Waals surface area contributed by atoms with Gasteiger partial charge >= 0.3 is 5.97 Å². The van der Waals surface area contributed by atoms with Gasteiger partial charge in [0.2, 0.25) is 5.91 Å². The van der Waals surface area contributed by atoms with E-state index in [1.165, 1.54) is 0 Å². The van der Waals surface area contributed by atoms with Crippen LogP contribution in [0.25, 0.3) is 0 Å². The summed E-state index contributed by atoms with van der Waals surface area (Å²) in [7, 11) is 0. The third kappa shape index (κ3) is 1.52. The molecule has 1 atom stereocenters. The van der Waals surface area contributed by atoms with Gasteiger partial charge < -0.3 is 10.0 Å². The lowest BCUT2D eigenvalue weighted by Crippen LogP contribution is -2.53. The van der Waals surface area contributed by atoms with Gasteiger partial charge in [-0.1, -0.05) is 18.9 Å². The summed E-state index contributed by atoms with van der Waals surface area (Å²) in [4.78, 5) is 24.9. The van der Waals surface area contributed by atoms with E-state index in [0.29, 0.717) is 25.8 Å². The number of carboxylic acids is 1. The molecule has 0 bridgehead atoms. The van der Waals surface area contributed by atoms with Crippen LogP contribution in [0.15, 0.2) is 12.7 Å². The molecule has 1 heterocycles. The number of hydrogen-bond donors (Lipinski definition) is 1. The lowest BCUT2D eigenvalue weighted by atomic mass is 9.95. The van der Waals surface area contributed by atoms with Gasteiger partial charge in [0.25, 0.3) is 0 Å².